The van der Waals surface area contributed by atoms with Gasteiger partial charge in [-0.05, 0) is 64.1 Å². The standard InChI is InChI=1S/C39H38N2O5/c1-39(2,3)33-25-32(19-16-29-17-20-34(21-18-29)41(42)43)37(45-24-23-44-27-30-11-6-4-7-12-30)36(26-33)35-15-10-22-40-38(35)46-28-31-13-8-5-9-14-31/h4-22,25-26H,23-24,27-28H2,1-3H3. The van der Waals surface area contributed by atoms with Crippen molar-refractivity contribution in [3.63, 3.8) is 0 Å². The van der Waals surface area contributed by atoms with E-state index in [1.165, 1.54) is 12.1 Å². The molecule has 0 fully saturated rings. The Kier molecular flexibility index (Phi) is 10.6. The Morgan fingerprint density at radius 2 is 1.41 bits per heavy atom. The summed E-state index contributed by atoms with van der Waals surface area (Å²) in [4.78, 5) is 15.4. The van der Waals surface area contributed by atoms with Crippen LogP contribution in [-0.2, 0) is 23.4 Å². The summed E-state index contributed by atoms with van der Waals surface area (Å²) in [5, 5.41) is 11.2. The van der Waals surface area contributed by atoms with Crippen LogP contribution in [0.1, 0.15) is 48.6 Å². The molecule has 0 N–H and O–H groups in total. The van der Waals surface area contributed by atoms with Gasteiger partial charge in [0.05, 0.1) is 18.1 Å². The first-order chi connectivity index (χ1) is 22.3. The molecule has 1 aromatic heterocycles. The van der Waals surface area contributed by atoms with E-state index < -0.39 is 4.92 Å². The molecule has 0 aliphatic rings. The first kappa shape index (κ1) is 32.1. The van der Waals surface area contributed by atoms with Crippen LogP contribution in [0.2, 0.25) is 0 Å². The van der Waals surface area contributed by atoms with E-state index >= 15 is 0 Å². The molecule has 0 saturated carbocycles. The second-order valence-electron chi connectivity index (χ2n) is 11.9. The van der Waals surface area contributed by atoms with E-state index in [1.54, 1.807) is 18.3 Å². The van der Waals surface area contributed by atoms with Crippen LogP contribution in [0, 0.1) is 10.1 Å². The third kappa shape index (κ3) is 8.67. The van der Waals surface area contributed by atoms with E-state index in [0.717, 1.165) is 38.9 Å². The summed E-state index contributed by atoms with van der Waals surface area (Å²) >= 11 is 0. The molecule has 0 saturated heterocycles. The molecule has 0 aliphatic heterocycles. The number of nitrogens with zero attached hydrogens (tertiary/aromatic N) is 2. The zero-order valence-electron chi connectivity index (χ0n) is 26.4. The molecular weight excluding hydrogens is 576 g/mol. The van der Waals surface area contributed by atoms with Gasteiger partial charge in [-0.3, -0.25) is 10.1 Å². The number of rotatable bonds is 13. The predicted molar refractivity (Wildman–Crippen MR) is 183 cm³/mol. The topological polar surface area (TPSA) is 83.7 Å². The highest BCUT2D eigenvalue weighted by atomic mass is 16.6. The molecule has 5 aromatic rings. The van der Waals surface area contributed by atoms with Crippen molar-refractivity contribution in [1.29, 1.82) is 0 Å². The Morgan fingerprint density at radius 1 is 0.739 bits per heavy atom. The van der Waals surface area contributed by atoms with Gasteiger partial charge in [0.25, 0.3) is 5.69 Å². The summed E-state index contributed by atoms with van der Waals surface area (Å²) in [7, 11) is 0. The number of hydrogen-bond donors (Lipinski definition) is 0. The normalized spacial score (nSPS) is 11.5. The van der Waals surface area contributed by atoms with Gasteiger partial charge in [0.15, 0.2) is 0 Å². The Labute approximate surface area is 270 Å². The molecular formula is C39H38N2O5. The Morgan fingerprint density at radius 3 is 2.07 bits per heavy atom. The average Bonchev–Trinajstić information content (AvgIpc) is 3.07. The minimum absolute atomic E-state index is 0.0494. The van der Waals surface area contributed by atoms with Gasteiger partial charge in [-0.25, -0.2) is 4.98 Å². The Bertz CT molecular complexity index is 1760. The zero-order valence-corrected chi connectivity index (χ0v) is 26.4. The van der Waals surface area contributed by atoms with Crippen molar-refractivity contribution in [3.8, 4) is 22.8 Å². The van der Waals surface area contributed by atoms with Crippen molar-refractivity contribution in [1.82, 2.24) is 4.98 Å². The Hall–Kier alpha value is -5.27. The lowest BCUT2D eigenvalue weighted by molar-refractivity contribution is -0.384. The summed E-state index contributed by atoms with van der Waals surface area (Å²) in [5.41, 5.74) is 6.49. The fraction of sp³-hybridized carbons (Fsp3) is 0.205. The zero-order chi connectivity index (χ0) is 32.4. The smallest absolute Gasteiger partial charge is 0.269 e. The molecule has 5 rings (SSSR count). The van der Waals surface area contributed by atoms with Crippen molar-refractivity contribution in [2.75, 3.05) is 13.2 Å². The second kappa shape index (κ2) is 15.1. The Balaban J connectivity index is 1.52. The van der Waals surface area contributed by atoms with Crippen LogP contribution >= 0.6 is 0 Å². The van der Waals surface area contributed by atoms with E-state index in [2.05, 4.69) is 37.9 Å². The molecule has 0 spiro atoms. The number of hydrogen-bond acceptors (Lipinski definition) is 6. The molecule has 0 amide bonds. The summed E-state index contributed by atoms with van der Waals surface area (Å²) in [6, 6.07) is 34.7. The van der Waals surface area contributed by atoms with Crippen LogP contribution in [0.4, 0.5) is 5.69 Å². The highest BCUT2D eigenvalue weighted by molar-refractivity contribution is 5.83. The second-order valence-corrected chi connectivity index (χ2v) is 11.9. The SMILES string of the molecule is CC(C)(C)c1cc(C=Cc2ccc([N+](=O)[O-])cc2)c(OCCOCc2ccccc2)c(-c2cccnc2OCc2ccccc2)c1. The van der Waals surface area contributed by atoms with Crippen molar-refractivity contribution < 1.29 is 19.1 Å². The quantitative estimate of drug-likeness (QED) is 0.0569. The highest BCUT2D eigenvalue weighted by Crippen LogP contribution is 2.42. The number of non-ortho nitro benzene ring substituents is 1. The van der Waals surface area contributed by atoms with Gasteiger partial charge in [-0.15, -0.1) is 0 Å². The van der Waals surface area contributed by atoms with E-state index in [9.17, 15) is 10.1 Å². The molecule has 0 unspecified atom stereocenters. The van der Waals surface area contributed by atoms with E-state index in [-0.39, 0.29) is 11.1 Å². The van der Waals surface area contributed by atoms with E-state index in [0.29, 0.717) is 38.1 Å². The third-order valence-corrected chi connectivity index (χ3v) is 7.41. The molecule has 4 aromatic carbocycles. The van der Waals surface area contributed by atoms with Gasteiger partial charge in [-0.2, -0.15) is 0 Å². The molecule has 7 nitrogen and oxygen atoms in total. The number of aromatic nitrogens is 1. The lowest BCUT2D eigenvalue weighted by Crippen LogP contribution is -2.13. The number of nitro benzene ring substituents is 1. The van der Waals surface area contributed by atoms with E-state index in [1.807, 2.05) is 84.9 Å². The predicted octanol–water partition coefficient (Wildman–Crippen LogP) is 9.30. The van der Waals surface area contributed by atoms with Gasteiger partial charge in [-0.1, -0.05) is 93.6 Å². The molecule has 46 heavy (non-hydrogen) atoms. The molecule has 0 radical (unpaired) electrons. The monoisotopic (exact) mass is 614 g/mol. The van der Waals surface area contributed by atoms with Crippen LogP contribution in [0.15, 0.2) is 115 Å². The number of ether oxygens (including phenoxy) is 3. The van der Waals surface area contributed by atoms with Gasteiger partial charge >= 0.3 is 0 Å². The largest absolute Gasteiger partial charge is 0.490 e. The van der Waals surface area contributed by atoms with Gasteiger partial charge in [0.2, 0.25) is 5.88 Å². The van der Waals surface area contributed by atoms with Crippen molar-refractivity contribution in [2.45, 2.75) is 39.4 Å². The van der Waals surface area contributed by atoms with Crippen LogP contribution in [0.25, 0.3) is 23.3 Å². The lowest BCUT2D eigenvalue weighted by atomic mass is 9.83. The van der Waals surface area contributed by atoms with Crippen molar-refractivity contribution in [2.24, 2.45) is 0 Å². The average molecular weight is 615 g/mol. The lowest BCUT2D eigenvalue weighted by Gasteiger charge is -2.24. The number of pyridine rings is 1. The molecule has 0 atom stereocenters. The summed E-state index contributed by atoms with van der Waals surface area (Å²) in [6.07, 6.45) is 5.65. The van der Waals surface area contributed by atoms with Crippen LogP contribution in [0.3, 0.4) is 0 Å². The van der Waals surface area contributed by atoms with Crippen LogP contribution < -0.4 is 9.47 Å². The minimum atomic E-state index is -0.399. The third-order valence-electron chi connectivity index (χ3n) is 7.41. The van der Waals surface area contributed by atoms with Gasteiger partial charge in [0.1, 0.15) is 19.0 Å². The first-order valence-electron chi connectivity index (χ1n) is 15.3. The minimum Gasteiger partial charge on any atom is -0.490 e. The summed E-state index contributed by atoms with van der Waals surface area (Å²) in [5.74, 6) is 1.18. The molecule has 0 aliphatic carbocycles. The summed E-state index contributed by atoms with van der Waals surface area (Å²) in [6.45, 7) is 8.10. The maximum atomic E-state index is 11.2. The molecule has 0 bridgehead atoms. The molecule has 234 valence electrons. The maximum Gasteiger partial charge on any atom is 0.269 e. The summed E-state index contributed by atoms with van der Waals surface area (Å²) < 4.78 is 18.8. The van der Waals surface area contributed by atoms with E-state index in [4.69, 9.17) is 14.2 Å². The number of benzene rings is 4. The fourth-order valence-electron chi connectivity index (χ4n) is 4.87. The van der Waals surface area contributed by atoms with Crippen molar-refractivity contribution in [3.05, 3.63) is 153 Å². The first-order valence-corrected chi connectivity index (χ1v) is 15.3. The van der Waals surface area contributed by atoms with Crippen molar-refractivity contribution >= 4 is 17.8 Å². The van der Waals surface area contributed by atoms with Crippen LogP contribution in [-0.4, -0.2) is 23.1 Å². The maximum absolute atomic E-state index is 11.2. The highest BCUT2D eigenvalue weighted by Gasteiger charge is 2.22. The number of nitro groups is 1. The van der Waals surface area contributed by atoms with Gasteiger partial charge < -0.3 is 14.2 Å². The fourth-order valence-corrected chi connectivity index (χ4v) is 4.87. The van der Waals surface area contributed by atoms with Crippen LogP contribution in [0.5, 0.6) is 11.6 Å². The molecule has 1 heterocycles. The molecule has 7 heteroatoms. The van der Waals surface area contributed by atoms with Gasteiger partial charge in [0, 0.05) is 35.0 Å².